The summed E-state index contributed by atoms with van der Waals surface area (Å²) in [5.41, 5.74) is 0.0368. The summed E-state index contributed by atoms with van der Waals surface area (Å²) in [6.45, 7) is 9.37. The number of nitrogens with zero attached hydrogens (tertiary/aromatic N) is 3. The molecule has 0 fully saturated rings. The van der Waals surface area contributed by atoms with Crippen molar-refractivity contribution in [1.29, 1.82) is 0 Å². The van der Waals surface area contributed by atoms with Crippen LogP contribution in [-0.2, 0) is 0 Å². The minimum Gasteiger partial charge on any atom is -0.368 e. The highest BCUT2D eigenvalue weighted by molar-refractivity contribution is 5.48. The van der Waals surface area contributed by atoms with Crippen LogP contribution in [0.4, 0.5) is 11.6 Å². The molecule has 5 nitrogen and oxygen atoms in total. The van der Waals surface area contributed by atoms with Crippen LogP contribution in [0.25, 0.3) is 0 Å². The lowest BCUT2D eigenvalue weighted by molar-refractivity contribution is 0.447. The highest BCUT2D eigenvalue weighted by atomic mass is 15.2. The summed E-state index contributed by atoms with van der Waals surface area (Å²) in [6.07, 6.45) is 1.60. The second-order valence-corrected chi connectivity index (χ2v) is 5.45. The molecule has 1 aromatic heterocycles. The number of nitrogens with one attached hydrogen (secondary N) is 2. The molecular weight excluding hydrogens is 226 g/mol. The molecule has 0 aliphatic carbocycles. The van der Waals surface area contributed by atoms with Crippen molar-refractivity contribution in [3.05, 3.63) is 12.4 Å². The van der Waals surface area contributed by atoms with Crippen molar-refractivity contribution in [2.24, 2.45) is 0 Å². The summed E-state index contributed by atoms with van der Waals surface area (Å²) in [5, 5.41) is 6.58. The third kappa shape index (κ3) is 4.14. The molecule has 0 spiro atoms. The average molecular weight is 251 g/mol. The fourth-order valence-electron chi connectivity index (χ4n) is 1.30. The van der Waals surface area contributed by atoms with Crippen molar-refractivity contribution in [2.75, 3.05) is 30.9 Å². The average Bonchev–Trinajstić information content (AvgIpc) is 2.36. The molecule has 0 aliphatic heterocycles. The molecule has 0 radical (unpaired) electrons. The summed E-state index contributed by atoms with van der Waals surface area (Å²) in [7, 11) is 3.99. The second-order valence-electron chi connectivity index (χ2n) is 5.45. The Kier molecular flexibility index (Phi) is 4.90. The lowest BCUT2D eigenvalue weighted by Crippen LogP contribution is -2.42. The summed E-state index contributed by atoms with van der Waals surface area (Å²) in [6, 6.07) is 2.40. The molecular formula is C13H25N5. The van der Waals surface area contributed by atoms with Gasteiger partial charge >= 0.3 is 0 Å². The van der Waals surface area contributed by atoms with Crippen LogP contribution in [0, 0.1) is 0 Å². The minimum atomic E-state index is 0.0368. The maximum absolute atomic E-state index is 4.28. The van der Waals surface area contributed by atoms with Crippen molar-refractivity contribution in [3.8, 4) is 0 Å². The molecule has 1 heterocycles. The predicted molar refractivity (Wildman–Crippen MR) is 77.2 cm³/mol. The Bertz CT molecular complexity index is 375. The van der Waals surface area contributed by atoms with Crippen molar-refractivity contribution in [1.82, 2.24) is 15.3 Å². The van der Waals surface area contributed by atoms with E-state index < -0.39 is 0 Å². The fraction of sp³-hybridized carbons (Fsp3) is 0.692. The predicted octanol–water partition coefficient (Wildman–Crippen LogP) is 1.73. The Morgan fingerprint density at radius 3 is 2.56 bits per heavy atom. The summed E-state index contributed by atoms with van der Waals surface area (Å²) in [5.74, 6) is 1.79. The van der Waals surface area contributed by atoms with E-state index in [0.717, 1.165) is 18.2 Å². The maximum Gasteiger partial charge on any atom is 0.134 e. The highest BCUT2D eigenvalue weighted by Crippen LogP contribution is 2.15. The molecule has 102 valence electrons. The molecule has 0 atom stereocenters. The van der Waals surface area contributed by atoms with Crippen LogP contribution in [0.2, 0.25) is 0 Å². The first-order valence-electron chi connectivity index (χ1n) is 6.33. The van der Waals surface area contributed by atoms with Crippen molar-refractivity contribution < 1.29 is 0 Å². The highest BCUT2D eigenvalue weighted by Gasteiger charge is 2.14. The zero-order valence-corrected chi connectivity index (χ0v) is 12.3. The van der Waals surface area contributed by atoms with E-state index in [2.05, 4.69) is 53.2 Å². The molecule has 2 N–H and O–H groups in total. The quantitative estimate of drug-likeness (QED) is 0.806. The van der Waals surface area contributed by atoms with Crippen LogP contribution in [0.5, 0.6) is 0 Å². The lowest BCUT2D eigenvalue weighted by atomic mass is 10.1. The molecule has 0 unspecified atom stereocenters. The van der Waals surface area contributed by atoms with Gasteiger partial charge in [0.1, 0.15) is 18.0 Å². The summed E-state index contributed by atoms with van der Waals surface area (Å²) >= 11 is 0. The van der Waals surface area contributed by atoms with Gasteiger partial charge in [-0.25, -0.2) is 9.97 Å². The van der Waals surface area contributed by atoms with Gasteiger partial charge in [0.25, 0.3) is 0 Å². The number of aromatic nitrogens is 2. The Morgan fingerprint density at radius 2 is 2.00 bits per heavy atom. The van der Waals surface area contributed by atoms with Crippen LogP contribution in [-0.4, -0.2) is 42.2 Å². The van der Waals surface area contributed by atoms with E-state index >= 15 is 0 Å². The monoisotopic (exact) mass is 251 g/mol. The lowest BCUT2D eigenvalue weighted by Gasteiger charge is -2.25. The van der Waals surface area contributed by atoms with E-state index in [1.165, 1.54) is 0 Å². The number of hydrogen-bond donors (Lipinski definition) is 2. The number of anilines is 2. The van der Waals surface area contributed by atoms with E-state index in [-0.39, 0.29) is 5.54 Å². The van der Waals surface area contributed by atoms with Crippen molar-refractivity contribution in [3.63, 3.8) is 0 Å². The standard InChI is InChI=1S/C13H25N5/c1-10(2)18(6)12-7-11(16-9-17-12)15-8-13(3,4)14-5/h7,9-10,14H,8H2,1-6H3,(H,15,16,17). The molecule has 18 heavy (non-hydrogen) atoms. The van der Waals surface area contributed by atoms with Gasteiger partial charge in [-0.3, -0.25) is 0 Å². The zero-order valence-electron chi connectivity index (χ0n) is 12.3. The molecule has 0 aliphatic rings. The first-order chi connectivity index (χ1) is 8.35. The second kappa shape index (κ2) is 6.00. The number of hydrogen-bond acceptors (Lipinski definition) is 5. The van der Waals surface area contributed by atoms with Gasteiger partial charge in [-0.2, -0.15) is 0 Å². The number of rotatable bonds is 6. The van der Waals surface area contributed by atoms with E-state index in [1.807, 2.05) is 20.2 Å². The van der Waals surface area contributed by atoms with E-state index in [1.54, 1.807) is 6.33 Å². The Labute approximate surface area is 110 Å². The fourth-order valence-corrected chi connectivity index (χ4v) is 1.30. The van der Waals surface area contributed by atoms with Crippen molar-refractivity contribution in [2.45, 2.75) is 39.3 Å². The van der Waals surface area contributed by atoms with Crippen molar-refractivity contribution >= 4 is 11.6 Å². The maximum atomic E-state index is 4.28. The Morgan fingerprint density at radius 1 is 1.33 bits per heavy atom. The molecule has 0 saturated carbocycles. The van der Waals surface area contributed by atoms with E-state index in [0.29, 0.717) is 6.04 Å². The Balaban J connectivity index is 2.71. The molecule has 1 rings (SSSR count). The number of likely N-dealkylation sites (N-methyl/N-ethyl adjacent to an activating group) is 1. The van der Waals surface area contributed by atoms with Gasteiger partial charge in [-0.1, -0.05) is 0 Å². The molecule has 0 amide bonds. The molecule has 1 aromatic rings. The van der Waals surface area contributed by atoms with Gasteiger partial charge < -0.3 is 15.5 Å². The van der Waals surface area contributed by atoms with E-state index in [4.69, 9.17) is 0 Å². The van der Waals surface area contributed by atoms with Crippen LogP contribution < -0.4 is 15.5 Å². The topological polar surface area (TPSA) is 53.1 Å². The minimum absolute atomic E-state index is 0.0368. The van der Waals surface area contributed by atoms with Gasteiger partial charge in [0.15, 0.2) is 0 Å². The third-order valence-electron chi connectivity index (χ3n) is 3.18. The molecule has 0 bridgehead atoms. The molecule has 0 saturated heterocycles. The van der Waals surface area contributed by atoms with Crippen LogP contribution in [0.1, 0.15) is 27.7 Å². The van der Waals surface area contributed by atoms with Gasteiger partial charge in [0.2, 0.25) is 0 Å². The first kappa shape index (κ1) is 14.7. The normalized spacial score (nSPS) is 11.7. The molecule has 0 aromatic carbocycles. The van der Waals surface area contributed by atoms with Gasteiger partial charge in [0, 0.05) is 31.2 Å². The summed E-state index contributed by atoms with van der Waals surface area (Å²) in [4.78, 5) is 10.6. The summed E-state index contributed by atoms with van der Waals surface area (Å²) < 4.78 is 0. The van der Waals surface area contributed by atoms with Gasteiger partial charge in [0.05, 0.1) is 0 Å². The SMILES string of the molecule is CNC(C)(C)CNc1cc(N(C)C(C)C)ncn1. The Hall–Kier alpha value is -1.36. The molecule has 5 heteroatoms. The largest absolute Gasteiger partial charge is 0.368 e. The van der Waals surface area contributed by atoms with E-state index in [9.17, 15) is 0 Å². The first-order valence-corrected chi connectivity index (χ1v) is 6.33. The van der Waals surface area contributed by atoms with Gasteiger partial charge in [-0.05, 0) is 34.7 Å². The van der Waals surface area contributed by atoms with Crippen LogP contribution >= 0.6 is 0 Å². The third-order valence-corrected chi connectivity index (χ3v) is 3.18. The van der Waals surface area contributed by atoms with Gasteiger partial charge in [-0.15, -0.1) is 0 Å². The van der Waals surface area contributed by atoms with Crippen LogP contribution in [0.3, 0.4) is 0 Å². The smallest absolute Gasteiger partial charge is 0.134 e. The zero-order chi connectivity index (χ0) is 13.8. The van der Waals surface area contributed by atoms with Crippen LogP contribution in [0.15, 0.2) is 12.4 Å².